The van der Waals surface area contributed by atoms with E-state index < -0.39 is 0 Å². The molecule has 0 spiro atoms. The van der Waals surface area contributed by atoms with Crippen LogP contribution in [0.15, 0.2) is 41.4 Å². The van der Waals surface area contributed by atoms with Crippen LogP contribution < -0.4 is 14.8 Å². The molecule has 0 saturated carbocycles. The van der Waals surface area contributed by atoms with E-state index in [1.165, 1.54) is 16.7 Å². The Bertz CT molecular complexity index is 799. The summed E-state index contributed by atoms with van der Waals surface area (Å²) in [6.45, 7) is 5.47. The Labute approximate surface area is 152 Å². The molecule has 0 fully saturated rings. The summed E-state index contributed by atoms with van der Waals surface area (Å²) in [7, 11) is 0. The highest BCUT2D eigenvalue weighted by Gasteiger charge is 2.25. The highest BCUT2D eigenvalue weighted by molar-refractivity contribution is 8.14. The standard InChI is InChI=1S/C20H22N2O2S/c1-13-8-14(2)10-15(9-13)11-17(22-20-21-6-7-25-20)16-4-3-5-18-19(16)24-12-23-18/h3-5,8-10,17H,6-7,11-12H2,1-2H3,(H,21,22). The minimum absolute atomic E-state index is 0.0993. The van der Waals surface area contributed by atoms with Gasteiger partial charge in [0, 0.05) is 11.3 Å². The molecule has 2 heterocycles. The number of nitrogens with zero attached hydrogens (tertiary/aromatic N) is 1. The summed E-state index contributed by atoms with van der Waals surface area (Å²) in [5.41, 5.74) is 5.03. The van der Waals surface area contributed by atoms with Crippen LogP contribution in [0.2, 0.25) is 0 Å². The number of ether oxygens (including phenoxy) is 2. The molecule has 0 amide bonds. The largest absolute Gasteiger partial charge is 0.454 e. The molecule has 2 aromatic rings. The maximum Gasteiger partial charge on any atom is 0.231 e. The lowest BCUT2D eigenvalue weighted by atomic mass is 9.96. The summed E-state index contributed by atoms with van der Waals surface area (Å²) < 4.78 is 11.3. The van der Waals surface area contributed by atoms with Crippen molar-refractivity contribution in [1.82, 2.24) is 5.32 Å². The molecule has 0 saturated heterocycles. The van der Waals surface area contributed by atoms with Gasteiger partial charge in [-0.3, -0.25) is 4.99 Å². The molecule has 4 rings (SSSR count). The Balaban J connectivity index is 1.68. The van der Waals surface area contributed by atoms with Gasteiger partial charge in [0.25, 0.3) is 0 Å². The molecular weight excluding hydrogens is 332 g/mol. The smallest absolute Gasteiger partial charge is 0.231 e. The minimum atomic E-state index is 0.0993. The number of para-hydroxylation sites is 1. The zero-order valence-corrected chi connectivity index (χ0v) is 15.4. The maximum atomic E-state index is 5.75. The van der Waals surface area contributed by atoms with Gasteiger partial charge in [0.1, 0.15) is 0 Å². The van der Waals surface area contributed by atoms with Crippen LogP contribution in [-0.4, -0.2) is 24.3 Å². The molecule has 5 heteroatoms. The second kappa shape index (κ2) is 7.00. The fraction of sp³-hybridized carbons (Fsp3) is 0.350. The second-order valence-corrected chi connectivity index (χ2v) is 7.60. The van der Waals surface area contributed by atoms with E-state index in [2.05, 4.69) is 48.4 Å². The first kappa shape index (κ1) is 16.3. The van der Waals surface area contributed by atoms with Gasteiger partial charge in [0.05, 0.1) is 12.6 Å². The number of hydrogen-bond acceptors (Lipinski definition) is 5. The van der Waals surface area contributed by atoms with Crippen molar-refractivity contribution in [3.05, 3.63) is 58.7 Å². The predicted molar refractivity (Wildman–Crippen MR) is 103 cm³/mol. The number of thioether (sulfide) groups is 1. The average Bonchev–Trinajstić information content (AvgIpc) is 3.24. The maximum absolute atomic E-state index is 5.75. The van der Waals surface area contributed by atoms with E-state index >= 15 is 0 Å². The van der Waals surface area contributed by atoms with Crippen LogP contribution in [0, 0.1) is 13.8 Å². The van der Waals surface area contributed by atoms with Gasteiger partial charge in [-0.1, -0.05) is 53.2 Å². The van der Waals surface area contributed by atoms with Gasteiger partial charge >= 0.3 is 0 Å². The van der Waals surface area contributed by atoms with Crippen molar-refractivity contribution < 1.29 is 9.47 Å². The summed E-state index contributed by atoms with van der Waals surface area (Å²) >= 11 is 1.78. The van der Waals surface area contributed by atoms with Crippen LogP contribution in [-0.2, 0) is 6.42 Å². The van der Waals surface area contributed by atoms with E-state index in [9.17, 15) is 0 Å². The summed E-state index contributed by atoms with van der Waals surface area (Å²) in [5, 5.41) is 4.65. The van der Waals surface area contributed by atoms with Crippen LogP contribution in [0.1, 0.15) is 28.3 Å². The van der Waals surface area contributed by atoms with Gasteiger partial charge in [0.15, 0.2) is 16.7 Å². The van der Waals surface area contributed by atoms with Gasteiger partial charge < -0.3 is 14.8 Å². The molecule has 1 N–H and O–H groups in total. The highest BCUT2D eigenvalue weighted by Crippen LogP contribution is 2.39. The van der Waals surface area contributed by atoms with Gasteiger partial charge in [-0.15, -0.1) is 0 Å². The molecular formula is C20H22N2O2S. The van der Waals surface area contributed by atoms with Crippen LogP contribution in [0.3, 0.4) is 0 Å². The molecule has 2 aliphatic rings. The SMILES string of the molecule is Cc1cc(C)cc(CC(NC2=NCCS2)c2cccc3c2OCO3)c1. The number of benzene rings is 2. The molecule has 2 aliphatic heterocycles. The third kappa shape index (κ3) is 3.61. The summed E-state index contributed by atoms with van der Waals surface area (Å²) in [5.74, 6) is 2.73. The number of rotatable bonds is 4. The van der Waals surface area contributed by atoms with Gasteiger partial charge in [-0.2, -0.15) is 0 Å². The molecule has 130 valence electrons. The lowest BCUT2D eigenvalue weighted by molar-refractivity contribution is 0.173. The van der Waals surface area contributed by atoms with Crippen LogP contribution in [0.4, 0.5) is 0 Å². The zero-order chi connectivity index (χ0) is 17.2. The van der Waals surface area contributed by atoms with Crippen LogP contribution in [0.25, 0.3) is 0 Å². The van der Waals surface area contributed by atoms with Crippen molar-refractivity contribution in [1.29, 1.82) is 0 Å². The van der Waals surface area contributed by atoms with Crippen molar-refractivity contribution in [3.8, 4) is 11.5 Å². The minimum Gasteiger partial charge on any atom is -0.454 e. The highest BCUT2D eigenvalue weighted by atomic mass is 32.2. The van der Waals surface area contributed by atoms with Gasteiger partial charge in [-0.25, -0.2) is 0 Å². The summed E-state index contributed by atoms with van der Waals surface area (Å²) in [6, 6.07) is 12.9. The van der Waals surface area contributed by atoms with Crippen LogP contribution in [0.5, 0.6) is 11.5 Å². The van der Waals surface area contributed by atoms with Gasteiger partial charge in [0.2, 0.25) is 6.79 Å². The van der Waals surface area contributed by atoms with Crippen molar-refractivity contribution in [3.63, 3.8) is 0 Å². The average molecular weight is 354 g/mol. The quantitative estimate of drug-likeness (QED) is 0.901. The van der Waals surface area contributed by atoms with Crippen molar-refractivity contribution in [2.75, 3.05) is 19.1 Å². The van der Waals surface area contributed by atoms with Crippen LogP contribution >= 0.6 is 11.8 Å². The Hall–Kier alpha value is -2.14. The topological polar surface area (TPSA) is 42.9 Å². The first-order valence-corrected chi connectivity index (χ1v) is 9.57. The molecule has 0 bridgehead atoms. The van der Waals surface area contributed by atoms with Crippen molar-refractivity contribution >= 4 is 16.9 Å². The molecule has 4 nitrogen and oxygen atoms in total. The molecule has 1 atom stereocenters. The third-order valence-corrected chi connectivity index (χ3v) is 5.31. The second-order valence-electron chi connectivity index (χ2n) is 6.51. The number of amidine groups is 1. The summed E-state index contributed by atoms with van der Waals surface area (Å²) in [4.78, 5) is 4.57. The molecule has 0 aliphatic carbocycles. The number of aliphatic imine (C=N–C) groups is 1. The lowest BCUT2D eigenvalue weighted by Crippen LogP contribution is -2.27. The molecule has 1 unspecified atom stereocenters. The molecule has 25 heavy (non-hydrogen) atoms. The van der Waals surface area contributed by atoms with Gasteiger partial charge in [-0.05, 0) is 31.9 Å². The first-order valence-electron chi connectivity index (χ1n) is 8.58. The Morgan fingerprint density at radius 1 is 1.16 bits per heavy atom. The monoisotopic (exact) mass is 354 g/mol. The Morgan fingerprint density at radius 3 is 2.76 bits per heavy atom. The number of aryl methyl sites for hydroxylation is 2. The van der Waals surface area contributed by atoms with E-state index in [-0.39, 0.29) is 12.8 Å². The fourth-order valence-corrected chi connectivity index (χ4v) is 4.24. The molecule has 2 aromatic carbocycles. The Kier molecular flexibility index (Phi) is 4.57. The first-order chi connectivity index (χ1) is 12.2. The van der Waals surface area contributed by atoms with Crippen molar-refractivity contribution in [2.45, 2.75) is 26.3 Å². The summed E-state index contributed by atoms with van der Waals surface area (Å²) in [6.07, 6.45) is 0.877. The number of fused-ring (bicyclic) bond motifs is 1. The van der Waals surface area contributed by atoms with Crippen molar-refractivity contribution in [2.24, 2.45) is 4.99 Å². The van der Waals surface area contributed by atoms with E-state index in [4.69, 9.17) is 9.47 Å². The number of hydrogen-bond donors (Lipinski definition) is 1. The Morgan fingerprint density at radius 2 is 2.00 bits per heavy atom. The lowest BCUT2D eigenvalue weighted by Gasteiger charge is -2.22. The zero-order valence-electron chi connectivity index (χ0n) is 14.5. The molecule has 0 aromatic heterocycles. The third-order valence-electron chi connectivity index (χ3n) is 4.41. The fourth-order valence-electron chi connectivity index (χ4n) is 3.46. The normalized spacial score (nSPS) is 16.6. The molecule has 0 radical (unpaired) electrons. The van der Waals surface area contributed by atoms with E-state index in [1.54, 1.807) is 11.8 Å². The van der Waals surface area contributed by atoms with E-state index in [0.29, 0.717) is 0 Å². The van der Waals surface area contributed by atoms with E-state index in [1.807, 2.05) is 12.1 Å². The number of nitrogens with one attached hydrogen (secondary N) is 1. The predicted octanol–water partition coefficient (Wildman–Crippen LogP) is 4.01. The van der Waals surface area contributed by atoms with E-state index in [0.717, 1.165) is 40.9 Å².